The van der Waals surface area contributed by atoms with Crippen molar-refractivity contribution in [3.05, 3.63) is 0 Å². The fourth-order valence-electron chi connectivity index (χ4n) is 2.61. The van der Waals surface area contributed by atoms with Crippen LogP contribution in [0.4, 0.5) is 0 Å². The number of carbonyl (C=O) groups is 1. The summed E-state index contributed by atoms with van der Waals surface area (Å²) in [6, 6.07) is 0. The average Bonchev–Trinajstić information content (AvgIpc) is 2.63. The lowest BCUT2D eigenvalue weighted by Gasteiger charge is -2.43. The topological polar surface area (TPSA) is 41.6 Å². The van der Waals surface area contributed by atoms with Gasteiger partial charge in [-0.2, -0.15) is 0 Å². The van der Waals surface area contributed by atoms with Gasteiger partial charge in [0.1, 0.15) is 0 Å². The van der Waals surface area contributed by atoms with Gasteiger partial charge in [0.2, 0.25) is 5.91 Å². The minimum atomic E-state index is -0.155. The van der Waals surface area contributed by atoms with Crippen molar-refractivity contribution >= 4 is 5.91 Å². The van der Waals surface area contributed by atoms with Crippen LogP contribution >= 0.6 is 0 Å². The number of nitrogens with one attached hydrogen (secondary N) is 1. The van der Waals surface area contributed by atoms with E-state index in [1.807, 2.05) is 4.90 Å². The van der Waals surface area contributed by atoms with Gasteiger partial charge in [0.05, 0.1) is 24.7 Å². The molecule has 2 aliphatic rings. The first-order valence-electron chi connectivity index (χ1n) is 6.12. The smallest absolute Gasteiger partial charge is 0.227 e. The number of hydrogen-bond acceptors (Lipinski definition) is 3. The lowest BCUT2D eigenvalue weighted by atomic mass is 9.93. The van der Waals surface area contributed by atoms with Gasteiger partial charge in [-0.25, -0.2) is 0 Å². The third-order valence-corrected chi connectivity index (χ3v) is 3.75. The van der Waals surface area contributed by atoms with E-state index in [-0.39, 0.29) is 11.5 Å². The molecule has 0 bridgehead atoms. The second-order valence-electron chi connectivity index (χ2n) is 5.60. The molecule has 2 heterocycles. The number of ether oxygens (including phenoxy) is 1. The summed E-state index contributed by atoms with van der Waals surface area (Å²) in [6.45, 7) is 10.1. The van der Waals surface area contributed by atoms with E-state index >= 15 is 0 Å². The van der Waals surface area contributed by atoms with Crippen LogP contribution in [0, 0.1) is 11.8 Å². The Morgan fingerprint density at radius 2 is 2.19 bits per heavy atom. The Labute approximate surface area is 97.3 Å². The summed E-state index contributed by atoms with van der Waals surface area (Å²) in [6.07, 6.45) is 0. The Morgan fingerprint density at radius 3 is 2.75 bits per heavy atom. The maximum absolute atomic E-state index is 12.5. The number of morpholine rings is 1. The van der Waals surface area contributed by atoms with Crippen molar-refractivity contribution in [1.29, 1.82) is 0 Å². The lowest BCUT2D eigenvalue weighted by molar-refractivity contribution is -0.151. The Hall–Kier alpha value is -0.610. The zero-order chi connectivity index (χ0) is 11.8. The SMILES string of the molecule is CC1CNCC1C(=O)N1CCOCC1(C)C. The second-order valence-corrected chi connectivity index (χ2v) is 5.60. The molecule has 2 fully saturated rings. The fourth-order valence-corrected chi connectivity index (χ4v) is 2.61. The highest BCUT2D eigenvalue weighted by molar-refractivity contribution is 5.80. The van der Waals surface area contributed by atoms with Crippen LogP contribution in [0.25, 0.3) is 0 Å². The molecular formula is C12H22N2O2. The Morgan fingerprint density at radius 1 is 1.44 bits per heavy atom. The molecule has 92 valence electrons. The van der Waals surface area contributed by atoms with E-state index in [0.29, 0.717) is 25.0 Å². The van der Waals surface area contributed by atoms with E-state index in [1.165, 1.54) is 0 Å². The van der Waals surface area contributed by atoms with Gasteiger partial charge in [0.25, 0.3) is 0 Å². The van der Waals surface area contributed by atoms with Gasteiger partial charge in [-0.1, -0.05) is 6.92 Å². The van der Waals surface area contributed by atoms with E-state index in [2.05, 4.69) is 26.1 Å². The van der Waals surface area contributed by atoms with Gasteiger partial charge < -0.3 is 15.0 Å². The van der Waals surface area contributed by atoms with Crippen molar-refractivity contribution < 1.29 is 9.53 Å². The number of nitrogens with zero attached hydrogens (tertiary/aromatic N) is 1. The Bertz CT molecular complexity index is 278. The Balaban J connectivity index is 2.08. The molecule has 2 rings (SSSR count). The first-order valence-corrected chi connectivity index (χ1v) is 6.12. The third-order valence-electron chi connectivity index (χ3n) is 3.75. The van der Waals surface area contributed by atoms with Gasteiger partial charge in [0.15, 0.2) is 0 Å². The molecule has 0 radical (unpaired) electrons. The molecule has 0 saturated carbocycles. The monoisotopic (exact) mass is 226 g/mol. The largest absolute Gasteiger partial charge is 0.377 e. The summed E-state index contributed by atoms with van der Waals surface area (Å²) < 4.78 is 5.45. The second kappa shape index (κ2) is 4.34. The van der Waals surface area contributed by atoms with Crippen molar-refractivity contribution in [3.63, 3.8) is 0 Å². The van der Waals surface area contributed by atoms with Gasteiger partial charge in [0, 0.05) is 13.1 Å². The molecule has 4 heteroatoms. The Kier molecular flexibility index (Phi) is 3.22. The summed E-state index contributed by atoms with van der Waals surface area (Å²) >= 11 is 0. The van der Waals surface area contributed by atoms with Crippen molar-refractivity contribution in [2.75, 3.05) is 32.8 Å². The summed E-state index contributed by atoms with van der Waals surface area (Å²) in [5.74, 6) is 0.898. The highest BCUT2D eigenvalue weighted by Gasteiger charge is 2.40. The van der Waals surface area contributed by atoms with Crippen LogP contribution in [-0.4, -0.2) is 49.2 Å². The van der Waals surface area contributed by atoms with Gasteiger partial charge in [-0.3, -0.25) is 4.79 Å². The molecule has 2 atom stereocenters. The maximum atomic E-state index is 12.5. The molecule has 0 aromatic rings. The van der Waals surface area contributed by atoms with Crippen LogP contribution in [0.1, 0.15) is 20.8 Å². The van der Waals surface area contributed by atoms with E-state index in [0.717, 1.165) is 19.6 Å². The third kappa shape index (κ3) is 2.09. The average molecular weight is 226 g/mol. The fraction of sp³-hybridized carbons (Fsp3) is 0.917. The van der Waals surface area contributed by atoms with Crippen LogP contribution in [0.2, 0.25) is 0 Å². The molecule has 16 heavy (non-hydrogen) atoms. The van der Waals surface area contributed by atoms with Crippen LogP contribution < -0.4 is 5.32 Å². The molecule has 0 aromatic heterocycles. The van der Waals surface area contributed by atoms with Crippen molar-refractivity contribution in [2.45, 2.75) is 26.3 Å². The molecule has 1 amide bonds. The van der Waals surface area contributed by atoms with Crippen LogP contribution in [0.3, 0.4) is 0 Å². The molecule has 1 N–H and O–H groups in total. The minimum absolute atomic E-state index is 0.150. The zero-order valence-corrected chi connectivity index (χ0v) is 10.5. The van der Waals surface area contributed by atoms with E-state index in [1.54, 1.807) is 0 Å². The summed E-state index contributed by atoms with van der Waals surface area (Å²) in [5.41, 5.74) is -0.155. The minimum Gasteiger partial charge on any atom is -0.377 e. The highest BCUT2D eigenvalue weighted by atomic mass is 16.5. The molecule has 0 spiro atoms. The van der Waals surface area contributed by atoms with Crippen molar-refractivity contribution in [3.8, 4) is 0 Å². The molecular weight excluding hydrogens is 204 g/mol. The molecule has 0 aromatic carbocycles. The highest BCUT2D eigenvalue weighted by Crippen LogP contribution is 2.25. The van der Waals surface area contributed by atoms with E-state index < -0.39 is 0 Å². The van der Waals surface area contributed by atoms with Crippen molar-refractivity contribution in [1.82, 2.24) is 10.2 Å². The predicted octanol–water partition coefficient (Wildman–Crippen LogP) is 0.479. The number of hydrogen-bond donors (Lipinski definition) is 1. The quantitative estimate of drug-likeness (QED) is 0.707. The molecule has 0 aliphatic carbocycles. The van der Waals surface area contributed by atoms with E-state index in [4.69, 9.17) is 4.74 Å². The molecule has 2 aliphatic heterocycles. The number of carbonyl (C=O) groups excluding carboxylic acids is 1. The molecule has 4 nitrogen and oxygen atoms in total. The van der Waals surface area contributed by atoms with Crippen molar-refractivity contribution in [2.24, 2.45) is 11.8 Å². The zero-order valence-electron chi connectivity index (χ0n) is 10.5. The normalized spacial score (nSPS) is 34.1. The number of amides is 1. The summed E-state index contributed by atoms with van der Waals surface area (Å²) in [4.78, 5) is 14.5. The predicted molar refractivity (Wildman–Crippen MR) is 62.1 cm³/mol. The van der Waals surface area contributed by atoms with Crippen LogP contribution in [-0.2, 0) is 9.53 Å². The maximum Gasteiger partial charge on any atom is 0.227 e. The van der Waals surface area contributed by atoms with Crippen LogP contribution in [0.15, 0.2) is 0 Å². The van der Waals surface area contributed by atoms with Gasteiger partial charge in [-0.05, 0) is 26.3 Å². The lowest BCUT2D eigenvalue weighted by Crippen LogP contribution is -2.57. The molecule has 2 unspecified atom stereocenters. The van der Waals surface area contributed by atoms with Gasteiger partial charge >= 0.3 is 0 Å². The summed E-state index contributed by atoms with van der Waals surface area (Å²) in [5, 5.41) is 3.29. The first kappa shape index (κ1) is 11.9. The number of rotatable bonds is 1. The molecule has 2 saturated heterocycles. The van der Waals surface area contributed by atoms with Gasteiger partial charge in [-0.15, -0.1) is 0 Å². The van der Waals surface area contributed by atoms with E-state index in [9.17, 15) is 4.79 Å². The first-order chi connectivity index (χ1) is 7.52. The standard InChI is InChI=1S/C12H22N2O2/c1-9-6-13-7-10(9)11(15)14-4-5-16-8-12(14,2)3/h9-10,13H,4-8H2,1-3H3. The van der Waals surface area contributed by atoms with Crippen LogP contribution in [0.5, 0.6) is 0 Å². The summed E-state index contributed by atoms with van der Waals surface area (Å²) in [7, 11) is 0.